The monoisotopic (exact) mass is 475 g/mol. The first-order valence-electron chi connectivity index (χ1n) is 11.5. The maximum Gasteiger partial charge on any atom is 0.275 e. The Hall–Kier alpha value is -3.94. The number of aromatic nitrogens is 3. The second-order valence-electron chi connectivity index (χ2n) is 9.43. The highest BCUT2D eigenvalue weighted by molar-refractivity contribution is 5.96. The van der Waals surface area contributed by atoms with E-state index in [-0.39, 0.29) is 11.6 Å². The number of hydrogen-bond acceptors (Lipinski definition) is 5. The SMILES string of the molecule is C=C/C(C)=C/Cc1ccc(C(C)N(C(=O)c2c[nH]cn2)C(C(=O)NC(C)(C)C)c2cccnc2)o1. The third-order valence-electron chi connectivity index (χ3n) is 5.44. The zero-order chi connectivity index (χ0) is 25.6. The maximum absolute atomic E-state index is 13.7. The summed E-state index contributed by atoms with van der Waals surface area (Å²) in [7, 11) is 0. The van der Waals surface area contributed by atoms with Crippen LogP contribution < -0.4 is 5.32 Å². The first-order valence-corrected chi connectivity index (χ1v) is 11.5. The van der Waals surface area contributed by atoms with E-state index in [0.29, 0.717) is 17.7 Å². The number of carbonyl (C=O) groups is 2. The molecule has 184 valence electrons. The maximum atomic E-state index is 13.7. The van der Waals surface area contributed by atoms with Gasteiger partial charge in [0.2, 0.25) is 5.91 Å². The van der Waals surface area contributed by atoms with Crippen LogP contribution in [0.1, 0.15) is 74.3 Å². The van der Waals surface area contributed by atoms with Gasteiger partial charge in [0.15, 0.2) is 0 Å². The van der Waals surface area contributed by atoms with Crippen molar-refractivity contribution in [3.8, 4) is 0 Å². The summed E-state index contributed by atoms with van der Waals surface area (Å²) >= 11 is 0. The normalized spacial score (nSPS) is 13.7. The van der Waals surface area contributed by atoms with Crippen LogP contribution in [0.2, 0.25) is 0 Å². The Morgan fingerprint density at radius 1 is 1.29 bits per heavy atom. The third-order valence-corrected chi connectivity index (χ3v) is 5.44. The van der Waals surface area contributed by atoms with Crippen LogP contribution in [0.15, 0.2) is 77.9 Å². The van der Waals surface area contributed by atoms with Gasteiger partial charge in [0.05, 0.1) is 12.4 Å². The minimum Gasteiger partial charge on any atom is -0.464 e. The van der Waals surface area contributed by atoms with Gasteiger partial charge in [-0.15, -0.1) is 0 Å². The Kier molecular flexibility index (Phi) is 8.06. The number of allylic oxidation sites excluding steroid dienone is 3. The zero-order valence-corrected chi connectivity index (χ0v) is 20.9. The predicted molar refractivity (Wildman–Crippen MR) is 134 cm³/mol. The molecule has 0 saturated heterocycles. The topological polar surface area (TPSA) is 104 Å². The molecule has 3 rings (SSSR count). The van der Waals surface area contributed by atoms with Gasteiger partial charge in [-0.3, -0.25) is 14.6 Å². The number of imidazole rings is 1. The molecule has 3 heterocycles. The van der Waals surface area contributed by atoms with Gasteiger partial charge in [0, 0.05) is 36.1 Å². The van der Waals surface area contributed by atoms with Gasteiger partial charge in [-0.2, -0.15) is 0 Å². The minimum atomic E-state index is -0.960. The van der Waals surface area contributed by atoms with Crippen molar-refractivity contribution in [2.45, 2.75) is 58.7 Å². The molecule has 0 spiro atoms. The summed E-state index contributed by atoms with van der Waals surface area (Å²) in [6, 6.07) is 5.71. The molecule has 0 aliphatic carbocycles. The van der Waals surface area contributed by atoms with Crippen LogP contribution >= 0.6 is 0 Å². The molecule has 2 atom stereocenters. The molecular formula is C27H33N5O3. The summed E-state index contributed by atoms with van der Waals surface area (Å²) in [5, 5.41) is 3.01. The van der Waals surface area contributed by atoms with Crippen LogP contribution in [0.5, 0.6) is 0 Å². The second kappa shape index (κ2) is 11.0. The van der Waals surface area contributed by atoms with Gasteiger partial charge in [0.25, 0.3) is 5.91 Å². The first-order chi connectivity index (χ1) is 16.6. The summed E-state index contributed by atoms with van der Waals surface area (Å²) in [5.74, 6) is 0.581. The summed E-state index contributed by atoms with van der Waals surface area (Å²) in [5.41, 5.74) is 1.32. The smallest absolute Gasteiger partial charge is 0.275 e. The molecule has 3 aromatic heterocycles. The van der Waals surface area contributed by atoms with Gasteiger partial charge in [-0.1, -0.05) is 30.4 Å². The predicted octanol–water partition coefficient (Wildman–Crippen LogP) is 4.93. The van der Waals surface area contributed by atoms with E-state index in [2.05, 4.69) is 26.8 Å². The number of pyridine rings is 1. The Labute approximate surface area is 206 Å². The fourth-order valence-electron chi connectivity index (χ4n) is 3.65. The van der Waals surface area contributed by atoms with Crippen LogP contribution in [0, 0.1) is 0 Å². The van der Waals surface area contributed by atoms with Crippen molar-refractivity contribution in [1.82, 2.24) is 25.2 Å². The number of nitrogens with zero attached hydrogens (tertiary/aromatic N) is 3. The van der Waals surface area contributed by atoms with E-state index < -0.39 is 23.5 Å². The van der Waals surface area contributed by atoms with Gasteiger partial charge in [-0.25, -0.2) is 4.98 Å². The van der Waals surface area contributed by atoms with E-state index >= 15 is 0 Å². The highest BCUT2D eigenvalue weighted by Crippen LogP contribution is 2.33. The molecule has 0 bridgehead atoms. The van der Waals surface area contributed by atoms with E-state index in [1.54, 1.807) is 30.6 Å². The number of hydrogen-bond donors (Lipinski definition) is 2. The van der Waals surface area contributed by atoms with E-state index in [4.69, 9.17) is 4.42 Å². The zero-order valence-electron chi connectivity index (χ0n) is 20.9. The van der Waals surface area contributed by atoms with Crippen LogP contribution in [-0.4, -0.2) is 37.2 Å². The van der Waals surface area contributed by atoms with E-state index in [1.807, 2.05) is 52.8 Å². The lowest BCUT2D eigenvalue weighted by Crippen LogP contribution is -2.50. The summed E-state index contributed by atoms with van der Waals surface area (Å²) in [6.07, 6.45) is 10.6. The third kappa shape index (κ3) is 6.56. The fraction of sp³-hybridized carbons (Fsp3) is 0.333. The average molecular weight is 476 g/mol. The number of nitrogens with one attached hydrogen (secondary N) is 2. The number of amides is 2. The standard InChI is InChI=1S/C27H33N5O3/c1-7-18(2)10-11-21-12-13-23(35-21)19(3)32(26(34)22-16-29-17-30-22)24(20-9-8-14-28-15-20)25(33)31-27(4,5)6/h7-10,12-17,19,24H,1,11H2,2-6H3,(H,29,30)(H,31,33)/b18-10+. The minimum absolute atomic E-state index is 0.200. The van der Waals surface area contributed by atoms with E-state index in [9.17, 15) is 9.59 Å². The number of carbonyl (C=O) groups excluding carboxylic acids is 2. The Balaban J connectivity index is 2.06. The first kappa shape index (κ1) is 25.7. The number of rotatable bonds is 9. The molecule has 0 aliphatic heterocycles. The van der Waals surface area contributed by atoms with Crippen molar-refractivity contribution in [2.24, 2.45) is 0 Å². The summed E-state index contributed by atoms with van der Waals surface area (Å²) in [6.45, 7) is 13.3. The van der Waals surface area contributed by atoms with Crippen LogP contribution in [-0.2, 0) is 11.2 Å². The van der Waals surface area contributed by atoms with Crippen LogP contribution in [0.25, 0.3) is 0 Å². The molecule has 0 aromatic carbocycles. The molecule has 8 heteroatoms. The van der Waals surface area contributed by atoms with Crippen molar-refractivity contribution >= 4 is 11.8 Å². The van der Waals surface area contributed by atoms with Crippen LogP contribution in [0.3, 0.4) is 0 Å². The summed E-state index contributed by atoms with van der Waals surface area (Å²) < 4.78 is 6.11. The average Bonchev–Trinajstić information content (AvgIpc) is 3.52. The lowest BCUT2D eigenvalue weighted by Gasteiger charge is -2.36. The molecule has 2 unspecified atom stereocenters. The Morgan fingerprint density at radius 2 is 2.06 bits per heavy atom. The van der Waals surface area contributed by atoms with Gasteiger partial charge < -0.3 is 19.6 Å². The molecule has 2 N–H and O–H groups in total. The lowest BCUT2D eigenvalue weighted by molar-refractivity contribution is -0.128. The molecule has 0 saturated carbocycles. The van der Waals surface area contributed by atoms with Crippen molar-refractivity contribution in [1.29, 1.82) is 0 Å². The van der Waals surface area contributed by atoms with Gasteiger partial charge in [-0.05, 0) is 52.8 Å². The summed E-state index contributed by atoms with van der Waals surface area (Å²) in [4.78, 5) is 40.0. The molecule has 3 aromatic rings. The number of furan rings is 1. The van der Waals surface area contributed by atoms with E-state index in [1.165, 1.54) is 17.4 Å². The molecular weight excluding hydrogens is 442 g/mol. The number of H-pyrrole nitrogens is 1. The van der Waals surface area contributed by atoms with Gasteiger partial charge >= 0.3 is 0 Å². The van der Waals surface area contributed by atoms with Crippen molar-refractivity contribution in [3.63, 3.8) is 0 Å². The van der Waals surface area contributed by atoms with E-state index in [0.717, 1.165) is 11.3 Å². The fourth-order valence-corrected chi connectivity index (χ4v) is 3.65. The molecule has 0 aliphatic rings. The Morgan fingerprint density at radius 3 is 2.66 bits per heavy atom. The quantitative estimate of drug-likeness (QED) is 0.427. The Bertz CT molecular complexity index is 1170. The van der Waals surface area contributed by atoms with Crippen LogP contribution in [0.4, 0.5) is 0 Å². The van der Waals surface area contributed by atoms with Crippen molar-refractivity contribution in [2.75, 3.05) is 0 Å². The molecule has 2 amide bonds. The van der Waals surface area contributed by atoms with Crippen molar-refractivity contribution in [3.05, 3.63) is 96.3 Å². The van der Waals surface area contributed by atoms with Crippen molar-refractivity contribution < 1.29 is 14.0 Å². The number of aromatic amines is 1. The molecule has 0 fully saturated rings. The highest BCUT2D eigenvalue weighted by atomic mass is 16.3. The highest BCUT2D eigenvalue weighted by Gasteiger charge is 2.38. The second-order valence-corrected chi connectivity index (χ2v) is 9.43. The molecule has 35 heavy (non-hydrogen) atoms. The lowest BCUT2D eigenvalue weighted by atomic mass is 10.0. The molecule has 0 radical (unpaired) electrons. The van der Waals surface area contributed by atoms with Gasteiger partial charge in [0.1, 0.15) is 23.3 Å². The molecule has 8 nitrogen and oxygen atoms in total. The largest absolute Gasteiger partial charge is 0.464 e.